The van der Waals surface area contributed by atoms with Gasteiger partial charge in [-0.1, -0.05) is 42.5 Å². The molecule has 2 rings (SSSR count). The van der Waals surface area contributed by atoms with Crippen LogP contribution >= 0.6 is 24.8 Å². The minimum atomic E-state index is -0.578. The first-order valence-electron chi connectivity index (χ1n) is 7.50. The number of nitrogens with one attached hydrogen (secondary N) is 1. The highest BCUT2D eigenvalue weighted by Gasteiger charge is 2.14. The summed E-state index contributed by atoms with van der Waals surface area (Å²) < 4.78 is 5.19. The van der Waals surface area contributed by atoms with Crippen LogP contribution in [-0.2, 0) is 13.0 Å². The highest BCUT2D eigenvalue weighted by Crippen LogP contribution is 2.12. The molecule has 2 atom stereocenters. The Balaban J connectivity index is 0.00000264. The molecule has 6 heteroatoms. The SMILES string of the molecule is COc1cccc(CNCC(O)C(N)Cc2ccccc2)c1.Cl.Cl. The maximum atomic E-state index is 10.1. The fraction of sp³-hybridized carbons (Fsp3) is 0.333. The third kappa shape index (κ3) is 7.51. The molecular weight excluding hydrogens is 347 g/mol. The van der Waals surface area contributed by atoms with E-state index >= 15 is 0 Å². The fourth-order valence-corrected chi connectivity index (χ4v) is 2.32. The molecule has 0 amide bonds. The van der Waals surface area contributed by atoms with E-state index < -0.39 is 6.10 Å². The summed E-state index contributed by atoms with van der Waals surface area (Å²) in [4.78, 5) is 0. The number of nitrogens with two attached hydrogens (primary N) is 1. The predicted molar refractivity (Wildman–Crippen MR) is 103 cm³/mol. The van der Waals surface area contributed by atoms with E-state index in [-0.39, 0.29) is 30.9 Å². The van der Waals surface area contributed by atoms with Crippen molar-refractivity contribution in [3.63, 3.8) is 0 Å². The number of hydrogen-bond acceptors (Lipinski definition) is 4. The van der Waals surface area contributed by atoms with E-state index in [2.05, 4.69) is 5.32 Å². The normalized spacial score (nSPS) is 12.5. The van der Waals surface area contributed by atoms with Crippen molar-refractivity contribution in [1.82, 2.24) is 5.32 Å². The smallest absolute Gasteiger partial charge is 0.119 e. The Morgan fingerprint density at radius 3 is 2.38 bits per heavy atom. The van der Waals surface area contributed by atoms with Gasteiger partial charge in [0.25, 0.3) is 0 Å². The zero-order chi connectivity index (χ0) is 15.8. The van der Waals surface area contributed by atoms with E-state index in [1.807, 2.05) is 54.6 Å². The third-order valence-corrected chi connectivity index (χ3v) is 3.63. The van der Waals surface area contributed by atoms with Gasteiger partial charge in [0.1, 0.15) is 5.75 Å². The Labute approximate surface area is 156 Å². The molecule has 4 N–H and O–H groups in total. The van der Waals surface area contributed by atoms with E-state index in [4.69, 9.17) is 10.5 Å². The van der Waals surface area contributed by atoms with Gasteiger partial charge in [0.2, 0.25) is 0 Å². The van der Waals surface area contributed by atoms with Crippen LogP contribution in [0.25, 0.3) is 0 Å². The van der Waals surface area contributed by atoms with Gasteiger partial charge in [-0.25, -0.2) is 0 Å². The molecule has 0 heterocycles. The molecule has 2 unspecified atom stereocenters. The zero-order valence-corrected chi connectivity index (χ0v) is 15.4. The second-order valence-electron chi connectivity index (χ2n) is 5.40. The molecule has 0 radical (unpaired) electrons. The van der Waals surface area contributed by atoms with E-state index in [0.717, 1.165) is 16.9 Å². The molecule has 0 aliphatic carbocycles. The maximum Gasteiger partial charge on any atom is 0.119 e. The molecule has 2 aromatic carbocycles. The number of aliphatic hydroxyl groups is 1. The number of ether oxygens (including phenoxy) is 1. The summed E-state index contributed by atoms with van der Waals surface area (Å²) in [6.07, 6.45) is 0.0915. The lowest BCUT2D eigenvalue weighted by molar-refractivity contribution is 0.141. The van der Waals surface area contributed by atoms with Gasteiger partial charge < -0.3 is 20.9 Å². The number of rotatable bonds is 8. The molecule has 0 bridgehead atoms. The average molecular weight is 373 g/mol. The van der Waals surface area contributed by atoms with Gasteiger partial charge >= 0.3 is 0 Å². The van der Waals surface area contributed by atoms with Crippen molar-refractivity contribution in [2.24, 2.45) is 5.73 Å². The van der Waals surface area contributed by atoms with E-state index in [9.17, 15) is 5.11 Å². The largest absolute Gasteiger partial charge is 0.497 e. The van der Waals surface area contributed by atoms with Crippen LogP contribution in [0.5, 0.6) is 5.75 Å². The molecule has 0 saturated heterocycles. The molecule has 0 aromatic heterocycles. The van der Waals surface area contributed by atoms with Crippen LogP contribution in [0.15, 0.2) is 54.6 Å². The topological polar surface area (TPSA) is 67.5 Å². The van der Waals surface area contributed by atoms with Gasteiger partial charge in [-0.2, -0.15) is 0 Å². The van der Waals surface area contributed by atoms with E-state index in [1.54, 1.807) is 7.11 Å². The Morgan fingerprint density at radius 1 is 1.04 bits per heavy atom. The number of halogens is 2. The number of hydrogen-bond donors (Lipinski definition) is 3. The second-order valence-corrected chi connectivity index (χ2v) is 5.40. The summed E-state index contributed by atoms with van der Waals surface area (Å²) >= 11 is 0. The van der Waals surface area contributed by atoms with Crippen LogP contribution in [0.2, 0.25) is 0 Å². The summed E-state index contributed by atoms with van der Waals surface area (Å²) in [6, 6.07) is 17.6. The van der Waals surface area contributed by atoms with Gasteiger partial charge in [0.05, 0.1) is 13.2 Å². The van der Waals surface area contributed by atoms with Gasteiger partial charge in [-0.3, -0.25) is 0 Å². The quantitative estimate of drug-likeness (QED) is 0.665. The molecule has 24 heavy (non-hydrogen) atoms. The Hall–Kier alpha value is -1.30. The molecule has 0 aliphatic rings. The van der Waals surface area contributed by atoms with E-state index in [0.29, 0.717) is 19.5 Å². The van der Waals surface area contributed by atoms with Crippen LogP contribution in [0.1, 0.15) is 11.1 Å². The van der Waals surface area contributed by atoms with Gasteiger partial charge in [0.15, 0.2) is 0 Å². The van der Waals surface area contributed by atoms with Crippen molar-refractivity contribution < 1.29 is 9.84 Å². The first-order chi connectivity index (χ1) is 10.7. The summed E-state index contributed by atoms with van der Waals surface area (Å²) in [5.74, 6) is 0.834. The highest BCUT2D eigenvalue weighted by molar-refractivity contribution is 5.85. The van der Waals surface area contributed by atoms with Crippen molar-refractivity contribution in [1.29, 1.82) is 0 Å². The predicted octanol–water partition coefficient (Wildman–Crippen LogP) is 2.56. The van der Waals surface area contributed by atoms with Gasteiger partial charge in [0, 0.05) is 19.1 Å². The molecular formula is C18H26Cl2N2O2. The minimum absolute atomic E-state index is 0. The molecule has 4 nitrogen and oxygen atoms in total. The van der Waals surface area contributed by atoms with Gasteiger partial charge in [-0.05, 0) is 29.7 Å². The third-order valence-electron chi connectivity index (χ3n) is 3.63. The van der Waals surface area contributed by atoms with E-state index in [1.165, 1.54) is 0 Å². The standard InChI is InChI=1S/C18H24N2O2.2ClH/c1-22-16-9-5-8-15(10-16)12-20-13-18(21)17(19)11-14-6-3-2-4-7-14;;/h2-10,17-18,20-21H,11-13,19H2,1H3;2*1H. The zero-order valence-electron chi connectivity index (χ0n) is 13.7. The molecule has 2 aromatic rings. The average Bonchev–Trinajstić information content (AvgIpc) is 2.56. The highest BCUT2D eigenvalue weighted by atomic mass is 35.5. The molecule has 0 spiro atoms. The van der Waals surface area contributed by atoms with Crippen molar-refractivity contribution in [2.45, 2.75) is 25.1 Å². The number of aliphatic hydroxyl groups excluding tert-OH is 1. The van der Waals surface area contributed by atoms with Crippen molar-refractivity contribution >= 4 is 24.8 Å². The molecule has 0 fully saturated rings. The molecule has 0 saturated carbocycles. The monoisotopic (exact) mass is 372 g/mol. The van der Waals surface area contributed by atoms with Crippen LogP contribution in [0.4, 0.5) is 0 Å². The Morgan fingerprint density at radius 2 is 1.71 bits per heavy atom. The summed E-state index contributed by atoms with van der Waals surface area (Å²) in [6.45, 7) is 1.14. The first-order valence-corrected chi connectivity index (χ1v) is 7.50. The minimum Gasteiger partial charge on any atom is -0.497 e. The fourth-order valence-electron chi connectivity index (χ4n) is 2.32. The lowest BCUT2D eigenvalue weighted by Crippen LogP contribution is -2.42. The van der Waals surface area contributed by atoms with Crippen molar-refractivity contribution in [2.75, 3.05) is 13.7 Å². The molecule has 134 valence electrons. The summed E-state index contributed by atoms with van der Waals surface area (Å²) in [5, 5.41) is 13.4. The van der Waals surface area contributed by atoms with Crippen LogP contribution in [0.3, 0.4) is 0 Å². The number of methoxy groups -OCH3 is 1. The lowest BCUT2D eigenvalue weighted by atomic mass is 10.0. The summed E-state index contributed by atoms with van der Waals surface area (Å²) in [5.41, 5.74) is 8.32. The number of benzene rings is 2. The lowest BCUT2D eigenvalue weighted by Gasteiger charge is -2.19. The second kappa shape index (κ2) is 12.1. The molecule has 0 aliphatic heterocycles. The van der Waals surface area contributed by atoms with Crippen LogP contribution in [-0.4, -0.2) is 30.9 Å². The van der Waals surface area contributed by atoms with Crippen molar-refractivity contribution in [3.8, 4) is 5.75 Å². The Bertz CT molecular complexity index is 570. The van der Waals surface area contributed by atoms with Crippen LogP contribution < -0.4 is 15.8 Å². The van der Waals surface area contributed by atoms with Gasteiger partial charge in [-0.15, -0.1) is 24.8 Å². The van der Waals surface area contributed by atoms with Crippen molar-refractivity contribution in [3.05, 3.63) is 65.7 Å². The first kappa shape index (κ1) is 22.7. The van der Waals surface area contributed by atoms with Crippen LogP contribution in [0, 0.1) is 0 Å². The summed E-state index contributed by atoms with van der Waals surface area (Å²) in [7, 11) is 1.65. The Kier molecular flexibility index (Phi) is 11.5. The maximum absolute atomic E-state index is 10.1.